The number of benzene rings is 1. The molecule has 4 nitrogen and oxygen atoms in total. The van der Waals surface area contributed by atoms with Crippen LogP contribution in [0.15, 0.2) is 27.8 Å². The molecule has 0 amide bonds. The molecule has 1 aliphatic carbocycles. The summed E-state index contributed by atoms with van der Waals surface area (Å²) in [5.74, 6) is 3.20. The van der Waals surface area contributed by atoms with Gasteiger partial charge in [-0.25, -0.2) is 0 Å². The number of ether oxygens (including phenoxy) is 1. The summed E-state index contributed by atoms with van der Waals surface area (Å²) in [6.45, 7) is 4.89. The van der Waals surface area contributed by atoms with E-state index in [9.17, 15) is 0 Å². The third-order valence-corrected chi connectivity index (χ3v) is 5.26. The highest BCUT2D eigenvalue weighted by Gasteiger charge is 2.21. The van der Waals surface area contributed by atoms with Crippen LogP contribution in [-0.4, -0.2) is 22.6 Å². The van der Waals surface area contributed by atoms with Crippen molar-refractivity contribution in [3.8, 4) is 5.75 Å². The number of hydrogen-bond acceptors (Lipinski definition) is 5. The molecule has 0 saturated heterocycles. The van der Waals surface area contributed by atoms with Crippen LogP contribution >= 0.6 is 11.8 Å². The molecule has 3 rings (SSSR count). The van der Waals surface area contributed by atoms with Crippen LogP contribution in [0, 0.1) is 13.8 Å². The maximum absolute atomic E-state index is 5.83. The zero-order chi connectivity index (χ0) is 16.8. The second-order valence-electron chi connectivity index (χ2n) is 6.62. The molecule has 1 aromatic heterocycles. The standard InChI is InChI=1S/C19H26N2O2S/c1-14-11-15(2)13-17(12-14)22-9-6-10-24-19-21-20-18(23-19)16-7-4-3-5-8-16/h11-13,16H,3-10H2,1-2H3. The maximum Gasteiger partial charge on any atom is 0.276 e. The van der Waals surface area contributed by atoms with Gasteiger partial charge < -0.3 is 9.15 Å². The van der Waals surface area contributed by atoms with Crippen molar-refractivity contribution in [2.24, 2.45) is 0 Å². The van der Waals surface area contributed by atoms with E-state index in [4.69, 9.17) is 9.15 Å². The van der Waals surface area contributed by atoms with E-state index in [1.54, 1.807) is 11.8 Å². The van der Waals surface area contributed by atoms with Gasteiger partial charge in [-0.1, -0.05) is 37.1 Å². The Morgan fingerprint density at radius 2 is 1.83 bits per heavy atom. The fourth-order valence-electron chi connectivity index (χ4n) is 3.22. The molecule has 1 heterocycles. The molecule has 5 heteroatoms. The molecule has 1 saturated carbocycles. The van der Waals surface area contributed by atoms with Gasteiger partial charge in [0.15, 0.2) is 0 Å². The highest BCUT2D eigenvalue weighted by atomic mass is 32.2. The predicted octanol–water partition coefficient (Wildman–Crippen LogP) is 5.30. The Balaban J connectivity index is 1.38. The van der Waals surface area contributed by atoms with Gasteiger partial charge in [0.05, 0.1) is 6.61 Å². The summed E-state index contributed by atoms with van der Waals surface area (Å²) < 4.78 is 11.6. The van der Waals surface area contributed by atoms with E-state index in [0.29, 0.717) is 17.7 Å². The molecule has 0 spiro atoms. The molecule has 130 valence electrons. The van der Waals surface area contributed by atoms with Crippen molar-refractivity contribution in [1.29, 1.82) is 0 Å². The van der Waals surface area contributed by atoms with Crippen molar-refractivity contribution in [3.05, 3.63) is 35.2 Å². The smallest absolute Gasteiger partial charge is 0.276 e. The summed E-state index contributed by atoms with van der Waals surface area (Å²) in [6.07, 6.45) is 7.24. The van der Waals surface area contributed by atoms with Crippen molar-refractivity contribution in [1.82, 2.24) is 10.2 Å². The monoisotopic (exact) mass is 346 g/mol. The number of hydrogen-bond donors (Lipinski definition) is 0. The summed E-state index contributed by atoms with van der Waals surface area (Å²) in [5.41, 5.74) is 2.47. The Bertz CT molecular complexity index is 630. The van der Waals surface area contributed by atoms with E-state index in [1.807, 2.05) is 0 Å². The van der Waals surface area contributed by atoms with Gasteiger partial charge in [-0.2, -0.15) is 0 Å². The summed E-state index contributed by atoms with van der Waals surface area (Å²) >= 11 is 1.63. The lowest BCUT2D eigenvalue weighted by atomic mass is 9.89. The van der Waals surface area contributed by atoms with Crippen molar-refractivity contribution < 1.29 is 9.15 Å². The average Bonchev–Trinajstić information content (AvgIpc) is 3.03. The van der Waals surface area contributed by atoms with Gasteiger partial charge in [-0.15, -0.1) is 10.2 Å². The summed E-state index contributed by atoms with van der Waals surface area (Å²) in [5, 5.41) is 9.11. The summed E-state index contributed by atoms with van der Waals surface area (Å²) in [6, 6.07) is 6.31. The topological polar surface area (TPSA) is 48.2 Å². The number of thioether (sulfide) groups is 1. The Kier molecular flexibility index (Phi) is 6.18. The normalized spacial score (nSPS) is 15.6. The molecule has 1 aliphatic rings. The Morgan fingerprint density at radius 1 is 1.08 bits per heavy atom. The molecule has 0 atom stereocenters. The molecular weight excluding hydrogens is 320 g/mol. The molecule has 24 heavy (non-hydrogen) atoms. The third-order valence-electron chi connectivity index (χ3n) is 4.35. The largest absolute Gasteiger partial charge is 0.494 e. The van der Waals surface area contributed by atoms with Gasteiger partial charge in [0.1, 0.15) is 5.75 Å². The van der Waals surface area contributed by atoms with Crippen LogP contribution in [0.3, 0.4) is 0 Å². The zero-order valence-corrected chi connectivity index (χ0v) is 15.4. The number of nitrogens with zero attached hydrogens (tertiary/aromatic N) is 2. The fourth-order valence-corrected chi connectivity index (χ4v) is 3.90. The van der Waals surface area contributed by atoms with Crippen molar-refractivity contribution in [2.75, 3.05) is 12.4 Å². The SMILES string of the molecule is Cc1cc(C)cc(OCCCSc2nnc(C3CCCCC3)o2)c1. The first-order valence-electron chi connectivity index (χ1n) is 8.88. The first kappa shape index (κ1) is 17.3. The molecule has 0 unspecified atom stereocenters. The lowest BCUT2D eigenvalue weighted by molar-refractivity contribution is 0.317. The van der Waals surface area contributed by atoms with Crippen LogP contribution in [0.2, 0.25) is 0 Å². The quantitative estimate of drug-likeness (QED) is 0.503. The minimum absolute atomic E-state index is 0.480. The van der Waals surface area contributed by atoms with Crippen LogP contribution in [0.4, 0.5) is 0 Å². The second-order valence-corrected chi connectivity index (χ2v) is 7.66. The second kappa shape index (κ2) is 8.56. The first-order valence-corrected chi connectivity index (χ1v) is 9.86. The van der Waals surface area contributed by atoms with Crippen LogP contribution in [-0.2, 0) is 0 Å². The first-order chi connectivity index (χ1) is 11.7. The molecule has 0 radical (unpaired) electrons. The molecule has 1 fully saturated rings. The van der Waals surface area contributed by atoms with Gasteiger partial charge in [0.2, 0.25) is 5.89 Å². The van der Waals surface area contributed by atoms with E-state index in [0.717, 1.165) is 23.8 Å². The van der Waals surface area contributed by atoms with Crippen LogP contribution < -0.4 is 4.74 Å². The van der Waals surface area contributed by atoms with E-state index in [1.165, 1.54) is 43.2 Å². The Labute approximate surface area is 148 Å². The fraction of sp³-hybridized carbons (Fsp3) is 0.579. The predicted molar refractivity (Wildman–Crippen MR) is 96.9 cm³/mol. The molecule has 2 aromatic rings. The van der Waals surface area contributed by atoms with Gasteiger partial charge in [0.25, 0.3) is 5.22 Å². The maximum atomic E-state index is 5.83. The zero-order valence-electron chi connectivity index (χ0n) is 14.6. The van der Waals surface area contributed by atoms with E-state index in [2.05, 4.69) is 42.2 Å². The minimum atomic E-state index is 0.480. The highest BCUT2D eigenvalue weighted by molar-refractivity contribution is 7.99. The minimum Gasteiger partial charge on any atom is -0.494 e. The van der Waals surface area contributed by atoms with Gasteiger partial charge in [0, 0.05) is 11.7 Å². The molecule has 1 aromatic carbocycles. The Hall–Kier alpha value is -1.49. The van der Waals surface area contributed by atoms with Crippen molar-refractivity contribution >= 4 is 11.8 Å². The van der Waals surface area contributed by atoms with Crippen molar-refractivity contribution in [2.45, 2.75) is 63.5 Å². The lowest BCUT2D eigenvalue weighted by Gasteiger charge is -2.17. The number of aromatic nitrogens is 2. The highest BCUT2D eigenvalue weighted by Crippen LogP contribution is 2.32. The van der Waals surface area contributed by atoms with Crippen LogP contribution in [0.5, 0.6) is 5.75 Å². The lowest BCUT2D eigenvalue weighted by Crippen LogP contribution is -2.04. The molecule has 0 N–H and O–H groups in total. The Morgan fingerprint density at radius 3 is 2.58 bits per heavy atom. The number of rotatable bonds is 7. The van der Waals surface area contributed by atoms with E-state index < -0.39 is 0 Å². The summed E-state index contributed by atoms with van der Waals surface area (Å²) in [7, 11) is 0. The van der Waals surface area contributed by atoms with Crippen LogP contribution in [0.25, 0.3) is 0 Å². The van der Waals surface area contributed by atoms with Gasteiger partial charge in [-0.05, 0) is 56.4 Å². The molecule has 0 aliphatic heterocycles. The third kappa shape index (κ3) is 5.00. The molecular formula is C19H26N2O2S. The molecule has 0 bridgehead atoms. The van der Waals surface area contributed by atoms with Crippen LogP contribution in [0.1, 0.15) is 61.5 Å². The van der Waals surface area contributed by atoms with Crippen molar-refractivity contribution in [3.63, 3.8) is 0 Å². The summed E-state index contributed by atoms with van der Waals surface area (Å²) in [4.78, 5) is 0. The van der Waals surface area contributed by atoms with Gasteiger partial charge in [-0.3, -0.25) is 0 Å². The average molecular weight is 346 g/mol. The van der Waals surface area contributed by atoms with E-state index in [-0.39, 0.29) is 0 Å². The number of aryl methyl sites for hydroxylation is 2. The van der Waals surface area contributed by atoms with E-state index >= 15 is 0 Å². The van der Waals surface area contributed by atoms with Gasteiger partial charge >= 0.3 is 0 Å².